The minimum atomic E-state index is -0.415. The maximum Gasteiger partial charge on any atom is 0.339 e. The maximum atomic E-state index is 12.0. The smallest absolute Gasteiger partial charge is 0.339 e. The lowest BCUT2D eigenvalue weighted by Gasteiger charge is -2.32. The molecule has 26 heavy (non-hydrogen) atoms. The number of ether oxygens (including phenoxy) is 1. The van der Waals surface area contributed by atoms with Crippen molar-refractivity contribution in [1.82, 2.24) is 0 Å². The van der Waals surface area contributed by atoms with E-state index in [1.165, 1.54) is 0 Å². The zero-order valence-electron chi connectivity index (χ0n) is 15.2. The monoisotopic (exact) mass is 347 g/mol. The number of hydrogen-bond acceptors (Lipinski definition) is 3. The molecule has 3 rings (SSSR count). The Bertz CT molecular complexity index is 935. The lowest BCUT2D eigenvalue weighted by Crippen LogP contribution is -2.32. The van der Waals surface area contributed by atoms with E-state index in [-0.39, 0.29) is 11.3 Å². The summed E-state index contributed by atoms with van der Waals surface area (Å²) in [5.41, 5.74) is 4.49. The Morgan fingerprint density at radius 2 is 1.92 bits per heavy atom. The van der Waals surface area contributed by atoms with Crippen LogP contribution in [-0.4, -0.2) is 18.5 Å². The van der Waals surface area contributed by atoms with Gasteiger partial charge < -0.3 is 10.1 Å². The lowest BCUT2D eigenvalue weighted by atomic mass is 9.77. The molecule has 0 aromatic heterocycles. The Morgan fingerprint density at radius 1 is 1.23 bits per heavy atom. The molecule has 0 bridgehead atoms. The molecule has 2 aromatic carbocycles. The Labute approximate surface area is 153 Å². The number of benzene rings is 2. The molecule has 0 saturated carbocycles. The van der Waals surface area contributed by atoms with Crippen LogP contribution in [0.25, 0.3) is 11.1 Å². The fourth-order valence-corrected chi connectivity index (χ4v) is 3.31. The van der Waals surface area contributed by atoms with Crippen molar-refractivity contribution in [2.24, 2.45) is 0 Å². The number of anilines is 1. The van der Waals surface area contributed by atoms with Crippen molar-refractivity contribution in [3.8, 4) is 23.5 Å². The molecule has 2 aromatic rings. The minimum Gasteiger partial charge on any atom is -0.462 e. The van der Waals surface area contributed by atoms with Crippen molar-refractivity contribution in [3.63, 3.8) is 0 Å². The van der Waals surface area contributed by atoms with Gasteiger partial charge in [0.05, 0.1) is 12.2 Å². The molecular formula is C22H21NO3. The summed E-state index contributed by atoms with van der Waals surface area (Å²) in [4.78, 5) is 23.9. The Kier molecular flexibility index (Phi) is 4.56. The van der Waals surface area contributed by atoms with E-state index in [0.717, 1.165) is 22.4 Å². The molecule has 1 amide bonds. The van der Waals surface area contributed by atoms with Gasteiger partial charge in [-0.2, -0.15) is 0 Å². The van der Waals surface area contributed by atoms with Gasteiger partial charge in [0, 0.05) is 23.1 Å². The average molecular weight is 347 g/mol. The Hall–Kier alpha value is -3.06. The van der Waals surface area contributed by atoms with Crippen molar-refractivity contribution < 1.29 is 14.3 Å². The van der Waals surface area contributed by atoms with E-state index < -0.39 is 5.97 Å². The zero-order chi connectivity index (χ0) is 18.9. The number of amides is 1. The van der Waals surface area contributed by atoms with Crippen molar-refractivity contribution in [3.05, 3.63) is 53.1 Å². The van der Waals surface area contributed by atoms with Gasteiger partial charge in [0.15, 0.2) is 0 Å². The van der Waals surface area contributed by atoms with E-state index in [4.69, 9.17) is 11.2 Å². The second-order valence-electron chi connectivity index (χ2n) is 6.99. The normalized spacial score (nSPS) is 14.8. The number of rotatable bonds is 3. The largest absolute Gasteiger partial charge is 0.462 e. The summed E-state index contributed by atoms with van der Waals surface area (Å²) in [5.74, 6) is 2.19. The fourth-order valence-electron chi connectivity index (χ4n) is 3.31. The van der Waals surface area contributed by atoms with Gasteiger partial charge >= 0.3 is 5.97 Å². The second kappa shape index (κ2) is 6.68. The number of carbonyl (C=O) groups is 2. The quantitative estimate of drug-likeness (QED) is 0.671. The van der Waals surface area contributed by atoms with Crippen LogP contribution in [0.1, 0.15) is 48.7 Å². The van der Waals surface area contributed by atoms with E-state index in [0.29, 0.717) is 24.2 Å². The van der Waals surface area contributed by atoms with Gasteiger partial charge in [-0.05, 0) is 47.9 Å². The van der Waals surface area contributed by atoms with Crippen LogP contribution in [0.3, 0.4) is 0 Å². The summed E-state index contributed by atoms with van der Waals surface area (Å²) in [6.45, 7) is 6.18. The standard InChI is InChI=1S/C22H21NO3/c1-5-14-11-15(7-9-17(14)21(25)26-6-2)16-8-10-19-18(12-16)22(3,4)13-20(24)23-19/h1,7-12H,6,13H2,2-4H3,(H,23,24). The second-order valence-corrected chi connectivity index (χ2v) is 6.99. The number of esters is 1. The van der Waals surface area contributed by atoms with Crippen molar-refractivity contribution in [2.45, 2.75) is 32.6 Å². The third-order valence-corrected chi connectivity index (χ3v) is 4.63. The molecule has 4 heteroatoms. The molecule has 1 aliphatic rings. The molecule has 4 nitrogen and oxygen atoms in total. The number of carbonyl (C=O) groups excluding carboxylic acids is 2. The van der Waals surface area contributed by atoms with Crippen molar-refractivity contribution >= 4 is 17.6 Å². The zero-order valence-corrected chi connectivity index (χ0v) is 15.2. The number of terminal acetylenes is 1. The van der Waals surface area contributed by atoms with E-state index in [2.05, 4.69) is 31.2 Å². The molecule has 1 aliphatic heterocycles. The van der Waals surface area contributed by atoms with Gasteiger partial charge in [-0.25, -0.2) is 4.79 Å². The topological polar surface area (TPSA) is 55.4 Å². The summed E-state index contributed by atoms with van der Waals surface area (Å²) < 4.78 is 5.05. The highest BCUT2D eigenvalue weighted by molar-refractivity contribution is 5.96. The number of hydrogen-bond donors (Lipinski definition) is 1. The molecule has 0 saturated heterocycles. The van der Waals surface area contributed by atoms with Gasteiger partial charge in [-0.3, -0.25) is 4.79 Å². The van der Waals surface area contributed by atoms with Gasteiger partial charge in [0.1, 0.15) is 0 Å². The molecule has 0 unspecified atom stereocenters. The maximum absolute atomic E-state index is 12.0. The highest BCUT2D eigenvalue weighted by atomic mass is 16.5. The molecule has 0 radical (unpaired) electrons. The third kappa shape index (κ3) is 3.21. The van der Waals surface area contributed by atoms with Crippen LogP contribution in [0.2, 0.25) is 0 Å². The predicted octanol–water partition coefficient (Wildman–Crippen LogP) is 4.13. The molecule has 1 heterocycles. The molecule has 1 N–H and O–H groups in total. The SMILES string of the molecule is C#Cc1cc(-c2ccc3c(c2)C(C)(C)CC(=O)N3)ccc1C(=O)OCC. The molecule has 0 aliphatic carbocycles. The van der Waals surface area contributed by atoms with Gasteiger partial charge in [-0.15, -0.1) is 6.42 Å². The van der Waals surface area contributed by atoms with Crippen LogP contribution < -0.4 is 5.32 Å². The molecule has 0 spiro atoms. The van der Waals surface area contributed by atoms with E-state index in [9.17, 15) is 9.59 Å². The third-order valence-electron chi connectivity index (χ3n) is 4.63. The van der Waals surface area contributed by atoms with Gasteiger partial charge in [-0.1, -0.05) is 31.9 Å². The van der Waals surface area contributed by atoms with Crippen LogP contribution in [0, 0.1) is 12.3 Å². The molecule has 0 fully saturated rings. The highest BCUT2D eigenvalue weighted by Gasteiger charge is 2.32. The van der Waals surface area contributed by atoms with Crippen molar-refractivity contribution in [2.75, 3.05) is 11.9 Å². The molecular weight excluding hydrogens is 326 g/mol. The van der Waals surface area contributed by atoms with E-state index in [1.807, 2.05) is 24.3 Å². The van der Waals surface area contributed by atoms with E-state index >= 15 is 0 Å². The first-order valence-corrected chi connectivity index (χ1v) is 8.58. The minimum absolute atomic E-state index is 0.0312. The highest BCUT2D eigenvalue weighted by Crippen LogP contribution is 2.39. The first-order chi connectivity index (χ1) is 12.4. The predicted molar refractivity (Wildman–Crippen MR) is 102 cm³/mol. The summed E-state index contributed by atoms with van der Waals surface area (Å²) in [7, 11) is 0. The summed E-state index contributed by atoms with van der Waals surface area (Å²) in [6.07, 6.45) is 6.04. The summed E-state index contributed by atoms with van der Waals surface area (Å²) >= 11 is 0. The van der Waals surface area contributed by atoms with Crippen LogP contribution in [-0.2, 0) is 14.9 Å². The van der Waals surface area contributed by atoms with E-state index in [1.54, 1.807) is 13.0 Å². The summed E-state index contributed by atoms with van der Waals surface area (Å²) in [6, 6.07) is 11.3. The Morgan fingerprint density at radius 3 is 2.62 bits per heavy atom. The fraction of sp³-hybridized carbons (Fsp3) is 0.273. The van der Waals surface area contributed by atoms with Crippen molar-refractivity contribution in [1.29, 1.82) is 0 Å². The van der Waals surface area contributed by atoms with Crippen LogP contribution in [0.5, 0.6) is 0 Å². The first kappa shape index (κ1) is 17.8. The first-order valence-electron chi connectivity index (χ1n) is 8.58. The average Bonchev–Trinajstić information content (AvgIpc) is 2.60. The Balaban J connectivity index is 2.04. The van der Waals surface area contributed by atoms with Gasteiger partial charge in [0.2, 0.25) is 5.91 Å². The van der Waals surface area contributed by atoms with Crippen LogP contribution in [0.15, 0.2) is 36.4 Å². The van der Waals surface area contributed by atoms with Crippen LogP contribution in [0.4, 0.5) is 5.69 Å². The number of nitrogens with one attached hydrogen (secondary N) is 1. The summed E-state index contributed by atoms with van der Waals surface area (Å²) in [5, 5.41) is 2.92. The van der Waals surface area contributed by atoms with Gasteiger partial charge in [0.25, 0.3) is 0 Å². The molecule has 132 valence electrons. The number of fused-ring (bicyclic) bond motifs is 1. The molecule has 0 atom stereocenters. The lowest BCUT2D eigenvalue weighted by molar-refractivity contribution is -0.117. The van der Waals surface area contributed by atoms with Crippen LogP contribution >= 0.6 is 0 Å².